The Bertz CT molecular complexity index is 1440. The van der Waals surface area contributed by atoms with Crippen molar-refractivity contribution in [2.45, 2.75) is 184 Å². The van der Waals surface area contributed by atoms with Gasteiger partial charge in [0.1, 0.15) is 5.60 Å². The SMILES string of the molecule is C=CC1=CC2C3OC4(CC(C)CC3O4)CC3OC4(CCC5(OC(CCC5(C)O)CC(=C)CCCC5=NCC(C)C(C)CC52CC1)O4)CC(C)C3O. The lowest BCUT2D eigenvalue weighted by atomic mass is 9.57. The van der Waals surface area contributed by atoms with Crippen LogP contribution in [0.15, 0.2) is 41.4 Å². The van der Waals surface area contributed by atoms with E-state index in [1.54, 1.807) is 0 Å². The molecule has 4 spiro atoms. The highest BCUT2D eigenvalue weighted by molar-refractivity contribution is 5.91. The van der Waals surface area contributed by atoms with Gasteiger partial charge in [-0.3, -0.25) is 4.99 Å². The van der Waals surface area contributed by atoms with Crippen LogP contribution in [0.1, 0.15) is 131 Å². The van der Waals surface area contributed by atoms with Crippen molar-refractivity contribution < 1.29 is 33.9 Å². The Balaban J connectivity index is 1.21. The summed E-state index contributed by atoms with van der Waals surface area (Å²) < 4.78 is 35.3. The van der Waals surface area contributed by atoms with E-state index >= 15 is 0 Å². The average Bonchev–Trinajstić information content (AvgIpc) is 3.52. The number of hydrogen-bond acceptors (Lipinski definition) is 8. The number of aliphatic imine (C=N–C) groups is 1. The van der Waals surface area contributed by atoms with Gasteiger partial charge in [0.2, 0.25) is 5.79 Å². The van der Waals surface area contributed by atoms with Crippen molar-refractivity contribution in [3.63, 3.8) is 0 Å². The van der Waals surface area contributed by atoms with E-state index in [2.05, 4.69) is 46.9 Å². The highest BCUT2D eigenvalue weighted by Gasteiger charge is 2.66. The summed E-state index contributed by atoms with van der Waals surface area (Å²) in [6.07, 6.45) is 14.9. The molecule has 7 bridgehead atoms. The van der Waals surface area contributed by atoms with Crippen LogP contribution in [0.5, 0.6) is 0 Å². The second-order valence-corrected chi connectivity index (χ2v) is 18.9. The average molecular weight is 708 g/mol. The molecule has 6 saturated heterocycles. The van der Waals surface area contributed by atoms with Crippen LogP contribution in [-0.4, -0.2) is 76.0 Å². The largest absolute Gasteiger partial charge is 0.390 e. The van der Waals surface area contributed by atoms with Crippen LogP contribution in [0.2, 0.25) is 0 Å². The van der Waals surface area contributed by atoms with Crippen LogP contribution in [0.25, 0.3) is 0 Å². The van der Waals surface area contributed by atoms with E-state index in [1.807, 2.05) is 13.0 Å². The first-order valence-corrected chi connectivity index (χ1v) is 20.5. The zero-order chi connectivity index (χ0) is 36.0. The van der Waals surface area contributed by atoms with Crippen molar-refractivity contribution in [1.82, 2.24) is 0 Å². The minimum absolute atomic E-state index is 0.0561. The number of rotatable bonds is 1. The molecule has 7 heterocycles. The first kappa shape index (κ1) is 36.6. The number of nitrogens with zero attached hydrogens (tertiary/aromatic N) is 1. The van der Waals surface area contributed by atoms with E-state index < -0.39 is 35.2 Å². The number of ether oxygens (including phenoxy) is 5. The maximum atomic E-state index is 11.8. The molecule has 8 heteroatoms. The Morgan fingerprint density at radius 2 is 1.67 bits per heavy atom. The van der Waals surface area contributed by atoms with Gasteiger partial charge in [-0.15, -0.1) is 0 Å². The monoisotopic (exact) mass is 707 g/mol. The number of aliphatic hydroxyl groups excluding tert-OH is 1. The Morgan fingerprint density at radius 3 is 2.47 bits per heavy atom. The lowest BCUT2D eigenvalue weighted by molar-refractivity contribution is -0.411. The smallest absolute Gasteiger partial charge is 0.200 e. The number of fused-ring (bicyclic) bond motifs is 6. The molecule has 0 aromatic carbocycles. The molecular formula is C43H65NO7. The lowest BCUT2D eigenvalue weighted by Crippen LogP contribution is -2.62. The van der Waals surface area contributed by atoms with E-state index in [9.17, 15) is 10.2 Å². The molecular weight excluding hydrogens is 642 g/mol. The lowest BCUT2D eigenvalue weighted by Gasteiger charge is -2.51. The second kappa shape index (κ2) is 13.1. The molecule has 1 aliphatic carbocycles. The van der Waals surface area contributed by atoms with Gasteiger partial charge < -0.3 is 33.9 Å². The van der Waals surface area contributed by atoms with Crippen LogP contribution < -0.4 is 0 Å². The Morgan fingerprint density at radius 1 is 0.863 bits per heavy atom. The van der Waals surface area contributed by atoms with E-state index in [4.69, 9.17) is 28.7 Å². The molecule has 8 aliphatic rings. The fraction of sp³-hybridized carbons (Fsp3) is 0.837. The molecule has 2 N–H and O–H groups in total. The Kier molecular flexibility index (Phi) is 9.42. The minimum atomic E-state index is -1.17. The van der Waals surface area contributed by atoms with E-state index in [0.717, 1.165) is 70.8 Å². The van der Waals surface area contributed by atoms with Crippen molar-refractivity contribution in [2.24, 2.45) is 40.0 Å². The molecule has 0 saturated carbocycles. The van der Waals surface area contributed by atoms with Crippen molar-refractivity contribution in [2.75, 3.05) is 6.54 Å². The van der Waals surface area contributed by atoms with Gasteiger partial charge in [0.05, 0.1) is 30.5 Å². The van der Waals surface area contributed by atoms with Gasteiger partial charge in [-0.1, -0.05) is 64.2 Å². The maximum Gasteiger partial charge on any atom is 0.200 e. The summed E-state index contributed by atoms with van der Waals surface area (Å²) in [5, 5.41) is 23.6. The molecule has 15 unspecified atom stereocenters. The summed E-state index contributed by atoms with van der Waals surface area (Å²) in [7, 11) is 0. The highest BCUT2D eigenvalue weighted by atomic mass is 16.8. The number of allylic oxidation sites excluding steroid dienone is 2. The third kappa shape index (κ3) is 6.29. The highest BCUT2D eigenvalue weighted by Crippen LogP contribution is 2.59. The topological polar surface area (TPSA) is 99.0 Å². The summed E-state index contributed by atoms with van der Waals surface area (Å²) in [6.45, 7) is 20.7. The van der Waals surface area contributed by atoms with Crippen LogP contribution in [0.3, 0.4) is 0 Å². The molecule has 0 aromatic heterocycles. The predicted molar refractivity (Wildman–Crippen MR) is 197 cm³/mol. The standard InChI is InChI=1S/C43H65NO7/c1-8-31-12-15-40-22-28(4)30(6)25-44-36(40)11-9-10-26(2)18-32-13-14-39(7,46)43(47-32)17-16-41(51-43)23-29(5)37(45)35(49-41)24-42-21-27(3)19-34(48-42)38(50-42)33(40)20-31/h8,20,27-30,32-35,37-38,45-46H,1-2,9-19,21-25H2,3-7H3. The number of aliphatic hydroxyl groups is 2. The predicted octanol–water partition coefficient (Wildman–Crippen LogP) is 7.96. The van der Waals surface area contributed by atoms with Crippen molar-refractivity contribution in [3.8, 4) is 0 Å². The molecule has 7 aliphatic heterocycles. The van der Waals surface area contributed by atoms with Gasteiger partial charge in [0.25, 0.3) is 0 Å². The summed E-state index contributed by atoms with van der Waals surface area (Å²) in [5.74, 6) is -1.50. The van der Waals surface area contributed by atoms with Gasteiger partial charge in [-0.25, -0.2) is 0 Å². The van der Waals surface area contributed by atoms with E-state index in [0.29, 0.717) is 49.9 Å². The summed E-state index contributed by atoms with van der Waals surface area (Å²) >= 11 is 0. The zero-order valence-corrected chi connectivity index (χ0v) is 32.0. The molecule has 6 fully saturated rings. The Hall–Kier alpha value is -1.39. The quantitative estimate of drug-likeness (QED) is 0.267. The normalized spacial score (nSPS) is 53.3. The molecule has 0 aromatic rings. The zero-order valence-electron chi connectivity index (χ0n) is 32.0. The van der Waals surface area contributed by atoms with Gasteiger partial charge in [0.15, 0.2) is 11.6 Å². The van der Waals surface area contributed by atoms with Crippen LogP contribution in [0.4, 0.5) is 0 Å². The summed E-state index contributed by atoms with van der Waals surface area (Å²) in [5.41, 5.74) is 2.56. The van der Waals surface area contributed by atoms with Crippen LogP contribution >= 0.6 is 0 Å². The second-order valence-electron chi connectivity index (χ2n) is 18.9. The maximum absolute atomic E-state index is 11.8. The van der Waals surface area contributed by atoms with Gasteiger partial charge in [-0.05, 0) is 94.8 Å². The summed E-state index contributed by atoms with van der Waals surface area (Å²) in [4.78, 5) is 5.52. The van der Waals surface area contributed by atoms with Crippen molar-refractivity contribution in [3.05, 3.63) is 36.5 Å². The summed E-state index contributed by atoms with van der Waals surface area (Å²) in [6, 6.07) is 0. The van der Waals surface area contributed by atoms with Crippen molar-refractivity contribution >= 4 is 5.71 Å². The first-order valence-electron chi connectivity index (χ1n) is 20.5. The van der Waals surface area contributed by atoms with Gasteiger partial charge >= 0.3 is 0 Å². The molecule has 8 rings (SSSR count). The molecule has 15 atom stereocenters. The van der Waals surface area contributed by atoms with E-state index in [-0.39, 0.29) is 35.6 Å². The number of hydrogen-bond donors (Lipinski definition) is 2. The minimum Gasteiger partial charge on any atom is -0.390 e. The van der Waals surface area contributed by atoms with Gasteiger partial charge in [0, 0.05) is 55.7 Å². The van der Waals surface area contributed by atoms with Crippen LogP contribution in [-0.2, 0) is 23.7 Å². The molecule has 0 amide bonds. The van der Waals surface area contributed by atoms with E-state index in [1.165, 1.54) is 16.9 Å². The fourth-order valence-corrected chi connectivity index (χ4v) is 11.9. The third-order valence-electron chi connectivity index (χ3n) is 14.9. The van der Waals surface area contributed by atoms with Crippen molar-refractivity contribution in [1.29, 1.82) is 0 Å². The van der Waals surface area contributed by atoms with Crippen LogP contribution in [0, 0.1) is 35.0 Å². The molecule has 8 nitrogen and oxygen atoms in total. The van der Waals surface area contributed by atoms with Gasteiger partial charge in [-0.2, -0.15) is 0 Å². The third-order valence-corrected chi connectivity index (χ3v) is 14.9. The first-order chi connectivity index (χ1) is 24.2. The molecule has 284 valence electrons. The molecule has 51 heavy (non-hydrogen) atoms. The fourth-order valence-electron chi connectivity index (χ4n) is 11.9. The Labute approximate surface area is 306 Å². The molecule has 0 radical (unpaired) electrons.